The highest BCUT2D eigenvalue weighted by Crippen LogP contribution is 2.28. The van der Waals surface area contributed by atoms with E-state index in [2.05, 4.69) is 10.6 Å². The van der Waals surface area contributed by atoms with E-state index >= 15 is 0 Å². The molecule has 0 saturated carbocycles. The second-order valence-corrected chi connectivity index (χ2v) is 3.76. The van der Waals surface area contributed by atoms with Gasteiger partial charge < -0.3 is 24.8 Å². The number of anilines is 1. The van der Waals surface area contributed by atoms with E-state index in [9.17, 15) is 4.79 Å². The number of carbonyl (C=O) groups is 1. The highest BCUT2D eigenvalue weighted by atomic mass is 16.5. The fourth-order valence-electron chi connectivity index (χ4n) is 1.48. The molecule has 0 radical (unpaired) electrons. The summed E-state index contributed by atoms with van der Waals surface area (Å²) in [5.41, 5.74) is 0.712. The van der Waals surface area contributed by atoms with Gasteiger partial charge in [0.05, 0.1) is 33.1 Å². The van der Waals surface area contributed by atoms with Crippen LogP contribution in [0.25, 0.3) is 0 Å². The molecule has 0 heterocycles. The Labute approximate surface area is 113 Å². The van der Waals surface area contributed by atoms with Crippen LogP contribution >= 0.6 is 0 Å². The number of rotatable bonds is 8. The molecule has 0 unspecified atom stereocenters. The molecule has 2 N–H and O–H groups in total. The molecule has 0 aromatic heterocycles. The number of nitrogens with one attached hydrogen (secondary N) is 2. The molecule has 0 aliphatic carbocycles. The van der Waals surface area contributed by atoms with E-state index in [0.717, 1.165) is 0 Å². The van der Waals surface area contributed by atoms with E-state index in [0.29, 0.717) is 30.3 Å². The molecule has 1 rings (SSSR count). The quantitative estimate of drug-likeness (QED) is 0.685. The molecular weight excluding hydrogens is 248 g/mol. The maximum Gasteiger partial charge on any atom is 0.239 e. The smallest absolute Gasteiger partial charge is 0.239 e. The molecule has 1 aromatic rings. The van der Waals surface area contributed by atoms with Gasteiger partial charge in [0.2, 0.25) is 5.91 Å². The van der Waals surface area contributed by atoms with Crippen molar-refractivity contribution in [2.24, 2.45) is 0 Å². The van der Waals surface area contributed by atoms with Crippen LogP contribution in [-0.2, 0) is 9.53 Å². The fourth-order valence-corrected chi connectivity index (χ4v) is 1.48. The molecule has 1 amide bonds. The van der Waals surface area contributed by atoms with Crippen molar-refractivity contribution in [3.05, 3.63) is 18.2 Å². The lowest BCUT2D eigenvalue weighted by Gasteiger charge is -2.12. The number of benzene rings is 1. The van der Waals surface area contributed by atoms with Crippen LogP contribution < -0.4 is 20.1 Å². The predicted octanol–water partition coefficient (Wildman–Crippen LogP) is 0.878. The molecule has 0 aliphatic heterocycles. The summed E-state index contributed by atoms with van der Waals surface area (Å²) in [6.45, 7) is 1.15. The van der Waals surface area contributed by atoms with Crippen molar-refractivity contribution in [1.29, 1.82) is 0 Å². The fraction of sp³-hybridized carbons (Fsp3) is 0.462. The van der Waals surface area contributed by atoms with Gasteiger partial charge in [0.25, 0.3) is 0 Å². The first-order chi connectivity index (χ1) is 9.21. The molecule has 0 bridgehead atoms. The number of hydrogen-bond acceptors (Lipinski definition) is 5. The molecular formula is C13H20N2O4. The van der Waals surface area contributed by atoms with Gasteiger partial charge in [0.1, 0.15) is 11.5 Å². The zero-order chi connectivity index (χ0) is 14.1. The standard InChI is InChI=1S/C13H20N2O4/c1-17-7-6-14-13(16)9-15-11-8-10(18-2)4-5-12(11)19-3/h4-5,8,15H,6-7,9H2,1-3H3,(H,14,16). The monoisotopic (exact) mass is 268 g/mol. The van der Waals surface area contributed by atoms with Crippen LogP contribution in [0.1, 0.15) is 0 Å². The summed E-state index contributed by atoms with van der Waals surface area (Å²) in [7, 11) is 4.75. The zero-order valence-electron chi connectivity index (χ0n) is 11.5. The Balaban J connectivity index is 2.53. The summed E-state index contributed by atoms with van der Waals surface area (Å²) in [6.07, 6.45) is 0. The van der Waals surface area contributed by atoms with E-state index < -0.39 is 0 Å². The van der Waals surface area contributed by atoms with Gasteiger partial charge in [-0.2, -0.15) is 0 Å². The molecule has 1 aromatic carbocycles. The van der Waals surface area contributed by atoms with Crippen LogP contribution in [0.4, 0.5) is 5.69 Å². The Bertz CT molecular complexity index is 410. The van der Waals surface area contributed by atoms with Gasteiger partial charge in [-0.3, -0.25) is 4.79 Å². The van der Waals surface area contributed by atoms with E-state index in [1.165, 1.54) is 0 Å². The number of amides is 1. The number of hydrogen-bond donors (Lipinski definition) is 2. The largest absolute Gasteiger partial charge is 0.497 e. The summed E-state index contributed by atoms with van der Waals surface area (Å²) >= 11 is 0. The first-order valence-corrected chi connectivity index (χ1v) is 5.92. The van der Waals surface area contributed by atoms with Crippen molar-refractivity contribution < 1.29 is 19.0 Å². The van der Waals surface area contributed by atoms with Gasteiger partial charge in [0, 0.05) is 19.7 Å². The minimum atomic E-state index is -0.109. The van der Waals surface area contributed by atoms with E-state index in [1.54, 1.807) is 39.5 Å². The Kier molecular flexibility index (Phi) is 6.52. The van der Waals surface area contributed by atoms with Crippen LogP contribution in [-0.4, -0.2) is 46.9 Å². The average molecular weight is 268 g/mol. The van der Waals surface area contributed by atoms with Crippen molar-refractivity contribution in [2.45, 2.75) is 0 Å². The van der Waals surface area contributed by atoms with Gasteiger partial charge in [-0.1, -0.05) is 0 Å². The molecule has 0 spiro atoms. The summed E-state index contributed by atoms with van der Waals surface area (Å²) < 4.78 is 15.2. The molecule has 0 fully saturated rings. The number of ether oxygens (including phenoxy) is 3. The minimum Gasteiger partial charge on any atom is -0.497 e. The van der Waals surface area contributed by atoms with Crippen molar-refractivity contribution >= 4 is 11.6 Å². The van der Waals surface area contributed by atoms with Crippen LogP contribution in [0, 0.1) is 0 Å². The maximum absolute atomic E-state index is 11.5. The first kappa shape index (κ1) is 15.1. The highest BCUT2D eigenvalue weighted by Gasteiger charge is 2.06. The molecule has 19 heavy (non-hydrogen) atoms. The van der Waals surface area contributed by atoms with Crippen molar-refractivity contribution in [3.63, 3.8) is 0 Å². The van der Waals surface area contributed by atoms with E-state index in [4.69, 9.17) is 14.2 Å². The van der Waals surface area contributed by atoms with Gasteiger partial charge in [0.15, 0.2) is 0 Å². The Morgan fingerprint density at radius 3 is 2.63 bits per heavy atom. The number of carbonyl (C=O) groups excluding carboxylic acids is 1. The highest BCUT2D eigenvalue weighted by molar-refractivity contribution is 5.81. The lowest BCUT2D eigenvalue weighted by atomic mass is 10.2. The maximum atomic E-state index is 11.5. The Morgan fingerprint density at radius 2 is 2.00 bits per heavy atom. The topological polar surface area (TPSA) is 68.8 Å². The second kappa shape index (κ2) is 8.20. The van der Waals surface area contributed by atoms with Crippen LogP contribution in [0.5, 0.6) is 11.5 Å². The third kappa shape index (κ3) is 5.05. The molecule has 0 atom stereocenters. The van der Waals surface area contributed by atoms with Crippen molar-refractivity contribution in [1.82, 2.24) is 5.32 Å². The van der Waals surface area contributed by atoms with Crippen LogP contribution in [0.3, 0.4) is 0 Å². The minimum absolute atomic E-state index is 0.109. The normalized spacial score (nSPS) is 9.84. The Morgan fingerprint density at radius 1 is 1.21 bits per heavy atom. The van der Waals surface area contributed by atoms with Gasteiger partial charge in [-0.05, 0) is 12.1 Å². The third-order valence-electron chi connectivity index (χ3n) is 2.47. The summed E-state index contributed by atoms with van der Waals surface area (Å²) in [5, 5.41) is 5.73. The van der Waals surface area contributed by atoms with E-state index in [-0.39, 0.29) is 12.5 Å². The van der Waals surface area contributed by atoms with Crippen molar-refractivity contribution in [2.75, 3.05) is 46.3 Å². The molecule has 6 nitrogen and oxygen atoms in total. The second-order valence-electron chi connectivity index (χ2n) is 3.76. The average Bonchev–Trinajstić information content (AvgIpc) is 2.45. The number of methoxy groups -OCH3 is 3. The summed E-state index contributed by atoms with van der Waals surface area (Å²) in [6, 6.07) is 5.36. The lowest BCUT2D eigenvalue weighted by molar-refractivity contribution is -0.119. The molecule has 0 aliphatic rings. The third-order valence-corrected chi connectivity index (χ3v) is 2.47. The Hall–Kier alpha value is -1.95. The molecule has 0 saturated heterocycles. The lowest BCUT2D eigenvalue weighted by Crippen LogP contribution is -2.32. The van der Waals surface area contributed by atoms with Gasteiger partial charge >= 0.3 is 0 Å². The molecule has 106 valence electrons. The van der Waals surface area contributed by atoms with Gasteiger partial charge in [-0.15, -0.1) is 0 Å². The van der Waals surface area contributed by atoms with Crippen LogP contribution in [0.15, 0.2) is 18.2 Å². The predicted molar refractivity (Wildman–Crippen MR) is 72.9 cm³/mol. The summed E-state index contributed by atoms with van der Waals surface area (Å²) in [4.78, 5) is 11.5. The summed E-state index contributed by atoms with van der Waals surface area (Å²) in [5.74, 6) is 1.25. The van der Waals surface area contributed by atoms with E-state index in [1.807, 2.05) is 0 Å². The van der Waals surface area contributed by atoms with Crippen molar-refractivity contribution in [3.8, 4) is 11.5 Å². The first-order valence-electron chi connectivity index (χ1n) is 5.92. The van der Waals surface area contributed by atoms with Gasteiger partial charge in [-0.25, -0.2) is 0 Å². The van der Waals surface area contributed by atoms with Crippen LogP contribution in [0.2, 0.25) is 0 Å². The molecule has 6 heteroatoms. The SMILES string of the molecule is COCCNC(=O)CNc1cc(OC)ccc1OC. The zero-order valence-corrected chi connectivity index (χ0v) is 11.5.